The zero-order valence-electron chi connectivity index (χ0n) is 25.2. The minimum absolute atomic E-state index is 0.0968. The third-order valence-electron chi connectivity index (χ3n) is 7.58. The Morgan fingerprint density at radius 3 is 2.12 bits per heavy atom. The second-order valence-corrected chi connectivity index (χ2v) is 13.7. The van der Waals surface area contributed by atoms with Crippen LogP contribution in [0.4, 0.5) is 0 Å². The molecule has 2 heterocycles. The molecule has 0 spiro atoms. The number of hydrogen-bond donors (Lipinski definition) is 4. The molecule has 2 aliphatic rings. The summed E-state index contributed by atoms with van der Waals surface area (Å²) in [7, 11) is -4.52. The first kappa shape index (κ1) is 36.5. The van der Waals surface area contributed by atoms with Crippen molar-refractivity contribution in [3.8, 4) is 0 Å². The predicted octanol–water partition coefficient (Wildman–Crippen LogP) is 2.24. The molecule has 0 aliphatic carbocycles. The average molecular weight is 611 g/mol. The molecule has 4 N–H and O–H groups in total. The predicted molar refractivity (Wildman–Crippen MR) is 150 cm³/mol. The van der Waals surface area contributed by atoms with Gasteiger partial charge in [0.25, 0.3) is 7.82 Å². The van der Waals surface area contributed by atoms with Gasteiger partial charge < -0.3 is 48.7 Å². The minimum atomic E-state index is -4.52. The Morgan fingerprint density at radius 1 is 0.976 bits per heavy atom. The topological polar surface area (TPSA) is 178 Å². The fraction of sp³-hybridized carbons (Fsp3) is 0.964. The van der Waals surface area contributed by atoms with E-state index in [9.17, 15) is 34.7 Å². The number of nitrogens with zero attached hydrogens (tertiary/aromatic N) is 1. The summed E-state index contributed by atoms with van der Waals surface area (Å²) in [5.74, 6) is -0.474. The highest BCUT2D eigenvalue weighted by molar-refractivity contribution is 7.45. The Morgan fingerprint density at radius 2 is 1.56 bits per heavy atom. The molecule has 2 rings (SSSR count). The third kappa shape index (κ3) is 12.8. The van der Waals surface area contributed by atoms with Gasteiger partial charge in [0.05, 0.1) is 37.1 Å². The smallest absolute Gasteiger partial charge is 0.268 e. The summed E-state index contributed by atoms with van der Waals surface area (Å²) in [4.78, 5) is 26.4. The number of hydrogen-bond acceptors (Lipinski definition) is 11. The number of carbonyl (C=O) groups is 1. The number of unbranched alkanes of at least 4 members (excludes halogenated alkanes) is 8. The van der Waals surface area contributed by atoms with E-state index in [4.69, 9.17) is 18.5 Å². The number of likely N-dealkylation sites (tertiary alicyclic amines) is 1. The van der Waals surface area contributed by atoms with Gasteiger partial charge in [-0.2, -0.15) is 0 Å². The Bertz CT molecular complexity index is 808. The molecule has 0 aromatic carbocycles. The first-order valence-electron chi connectivity index (χ1n) is 15.1. The second kappa shape index (κ2) is 17.6. The van der Waals surface area contributed by atoms with Crippen LogP contribution in [0.1, 0.15) is 98.3 Å². The van der Waals surface area contributed by atoms with Crippen molar-refractivity contribution in [3.05, 3.63) is 0 Å². The molecule has 0 aromatic heterocycles. The summed E-state index contributed by atoms with van der Waals surface area (Å²) < 4.78 is 33.7. The molecule has 2 fully saturated rings. The van der Waals surface area contributed by atoms with Crippen LogP contribution in [0.5, 0.6) is 0 Å². The van der Waals surface area contributed by atoms with Gasteiger partial charge in [0.15, 0.2) is 6.29 Å². The molecule has 41 heavy (non-hydrogen) atoms. The van der Waals surface area contributed by atoms with Crippen molar-refractivity contribution < 1.29 is 53.2 Å². The average Bonchev–Trinajstić information content (AvgIpc) is 3.29. The van der Waals surface area contributed by atoms with Crippen LogP contribution in [0.2, 0.25) is 0 Å². The molecule has 0 bridgehead atoms. The summed E-state index contributed by atoms with van der Waals surface area (Å²) in [6.45, 7) is 6.60. The fourth-order valence-corrected chi connectivity index (χ4v) is 6.57. The number of aliphatic hydroxyl groups excluding tert-OH is 4. The SMILES string of the molecule is CC1C(OCCCCCCCCCCCC(=O)N2CC(OP(=O)([O-])OC(C)(C)C)CC2CO)OC(CO)C(O)C1O. The highest BCUT2D eigenvalue weighted by Crippen LogP contribution is 2.45. The molecular weight excluding hydrogens is 557 g/mol. The molecule has 8 atom stereocenters. The number of carbonyl (C=O) groups excluding carboxylic acids is 1. The summed E-state index contributed by atoms with van der Waals surface area (Å²) in [6, 6.07) is -0.455. The molecule has 242 valence electrons. The third-order valence-corrected chi connectivity index (χ3v) is 8.90. The van der Waals surface area contributed by atoms with Crippen molar-refractivity contribution in [2.24, 2.45) is 5.92 Å². The van der Waals surface area contributed by atoms with E-state index in [2.05, 4.69) is 0 Å². The number of aliphatic hydroxyl groups is 4. The van der Waals surface area contributed by atoms with Crippen molar-refractivity contribution in [1.82, 2.24) is 4.90 Å². The Labute approximate surface area is 244 Å². The number of ether oxygens (including phenoxy) is 2. The van der Waals surface area contributed by atoms with Crippen LogP contribution in [0.3, 0.4) is 0 Å². The Hall–Kier alpha value is -0.660. The Kier molecular flexibility index (Phi) is 15.7. The molecule has 2 saturated heterocycles. The van der Waals surface area contributed by atoms with Crippen LogP contribution in [0, 0.1) is 5.92 Å². The lowest BCUT2D eigenvalue weighted by atomic mass is 9.92. The van der Waals surface area contributed by atoms with Crippen LogP contribution >= 0.6 is 7.82 Å². The second-order valence-electron chi connectivity index (χ2n) is 12.4. The van der Waals surface area contributed by atoms with E-state index in [1.807, 2.05) is 0 Å². The number of rotatable bonds is 18. The largest absolute Gasteiger partial charge is 0.756 e. The van der Waals surface area contributed by atoms with E-state index in [-0.39, 0.29) is 38.0 Å². The normalized spacial score (nSPS) is 30.5. The van der Waals surface area contributed by atoms with Gasteiger partial charge in [-0.3, -0.25) is 9.36 Å². The van der Waals surface area contributed by atoms with Crippen LogP contribution in [-0.2, 0) is 27.9 Å². The van der Waals surface area contributed by atoms with Crippen LogP contribution in [0.25, 0.3) is 0 Å². The van der Waals surface area contributed by atoms with Gasteiger partial charge in [-0.25, -0.2) is 0 Å². The van der Waals surface area contributed by atoms with Gasteiger partial charge in [0.2, 0.25) is 5.91 Å². The molecular formula is C28H53NO11P-. The molecule has 13 heteroatoms. The van der Waals surface area contributed by atoms with Gasteiger partial charge in [0.1, 0.15) is 12.2 Å². The van der Waals surface area contributed by atoms with E-state index in [1.54, 1.807) is 27.7 Å². The molecule has 2 aliphatic heterocycles. The lowest BCUT2D eigenvalue weighted by Gasteiger charge is -2.40. The van der Waals surface area contributed by atoms with E-state index in [0.29, 0.717) is 13.0 Å². The number of amides is 1. The Balaban J connectivity index is 1.51. The summed E-state index contributed by atoms with van der Waals surface area (Å²) in [6.07, 6.45) is 5.29. The summed E-state index contributed by atoms with van der Waals surface area (Å²) in [5.41, 5.74) is -0.912. The van der Waals surface area contributed by atoms with Crippen LogP contribution in [-0.4, -0.2) is 99.9 Å². The highest BCUT2D eigenvalue weighted by Gasteiger charge is 2.42. The van der Waals surface area contributed by atoms with Crippen molar-refractivity contribution in [2.75, 3.05) is 26.4 Å². The van der Waals surface area contributed by atoms with Gasteiger partial charge in [-0.1, -0.05) is 51.9 Å². The maximum atomic E-state index is 12.7. The highest BCUT2D eigenvalue weighted by atomic mass is 31.2. The molecule has 0 aromatic rings. The number of phosphoric acid groups is 1. The molecule has 8 unspecified atom stereocenters. The van der Waals surface area contributed by atoms with E-state index in [1.165, 1.54) is 4.90 Å². The first-order chi connectivity index (χ1) is 19.3. The summed E-state index contributed by atoms with van der Waals surface area (Å²) in [5, 5.41) is 39.0. The van der Waals surface area contributed by atoms with Gasteiger partial charge in [0, 0.05) is 25.5 Å². The minimum Gasteiger partial charge on any atom is -0.756 e. The van der Waals surface area contributed by atoms with Crippen LogP contribution < -0.4 is 4.89 Å². The quantitative estimate of drug-likeness (QED) is 0.132. The molecule has 0 radical (unpaired) electrons. The van der Waals surface area contributed by atoms with E-state index >= 15 is 0 Å². The zero-order chi connectivity index (χ0) is 30.6. The van der Waals surface area contributed by atoms with Gasteiger partial charge >= 0.3 is 0 Å². The monoisotopic (exact) mass is 610 g/mol. The maximum absolute atomic E-state index is 12.7. The van der Waals surface area contributed by atoms with Crippen molar-refractivity contribution in [2.45, 2.75) is 141 Å². The lowest BCUT2D eigenvalue weighted by molar-refractivity contribution is -0.282. The number of phosphoric ester groups is 1. The van der Waals surface area contributed by atoms with E-state index in [0.717, 1.165) is 57.8 Å². The molecule has 0 saturated carbocycles. The zero-order valence-corrected chi connectivity index (χ0v) is 26.1. The van der Waals surface area contributed by atoms with E-state index < -0.39 is 50.2 Å². The van der Waals surface area contributed by atoms with Crippen molar-refractivity contribution in [1.29, 1.82) is 0 Å². The van der Waals surface area contributed by atoms with Crippen molar-refractivity contribution in [3.63, 3.8) is 0 Å². The summed E-state index contributed by atoms with van der Waals surface area (Å²) >= 11 is 0. The first-order valence-corrected chi connectivity index (χ1v) is 16.6. The van der Waals surface area contributed by atoms with Gasteiger partial charge in [-0.05, 0) is 40.0 Å². The molecule has 1 amide bonds. The van der Waals surface area contributed by atoms with Gasteiger partial charge in [-0.15, -0.1) is 0 Å². The van der Waals surface area contributed by atoms with Crippen LogP contribution in [0.15, 0.2) is 0 Å². The standard InChI is InChI=1S/C28H54NO11P/c1-20-25(33)26(34)23(19-31)38-27(20)37-15-13-11-9-7-5-6-8-10-12-14-24(32)29-17-22(16-21(29)18-30)39-41(35,36)40-28(2,3)4/h20-23,25-27,30-31,33-34H,5-19H2,1-4H3,(H,35,36)/p-1. The fourth-order valence-electron chi connectivity index (χ4n) is 5.34. The molecule has 12 nitrogen and oxygen atoms in total. The maximum Gasteiger partial charge on any atom is 0.268 e. The van der Waals surface area contributed by atoms with Crippen molar-refractivity contribution >= 4 is 13.7 Å². The lowest BCUT2D eigenvalue weighted by Crippen LogP contribution is -2.55.